The van der Waals surface area contributed by atoms with Crippen molar-refractivity contribution in [3.05, 3.63) is 59.7 Å². The van der Waals surface area contributed by atoms with E-state index < -0.39 is 16.1 Å². The van der Waals surface area contributed by atoms with Crippen LogP contribution in [0.4, 0.5) is 11.4 Å². The molecule has 0 radical (unpaired) electrons. The molecular weight excluding hydrogens is 348 g/mol. The van der Waals surface area contributed by atoms with Gasteiger partial charge < -0.3 is 5.32 Å². The van der Waals surface area contributed by atoms with Crippen molar-refractivity contribution < 1.29 is 13.2 Å². The quantitative estimate of drug-likeness (QED) is 0.803. The van der Waals surface area contributed by atoms with Gasteiger partial charge in [0.05, 0.1) is 11.9 Å². The zero-order chi connectivity index (χ0) is 19.3. The average Bonchev–Trinajstić information content (AvgIpc) is 2.58. The summed E-state index contributed by atoms with van der Waals surface area (Å²) in [6, 6.07) is 13.9. The van der Waals surface area contributed by atoms with Crippen molar-refractivity contribution in [3.8, 4) is 0 Å². The van der Waals surface area contributed by atoms with Crippen LogP contribution in [0.5, 0.6) is 0 Å². The Bertz CT molecular complexity index is 861. The van der Waals surface area contributed by atoms with Gasteiger partial charge in [0.2, 0.25) is 15.9 Å². The molecule has 0 fully saturated rings. The van der Waals surface area contributed by atoms with Gasteiger partial charge in [-0.2, -0.15) is 0 Å². The lowest BCUT2D eigenvalue weighted by molar-refractivity contribution is -0.117. The SMILES string of the molecule is CCc1ccc(NC(=O)C(CC)N(c2cccc(C)c2)S(C)(=O)=O)cc1. The second-order valence-electron chi connectivity index (χ2n) is 6.36. The topological polar surface area (TPSA) is 66.5 Å². The molecule has 0 saturated carbocycles. The zero-order valence-corrected chi connectivity index (χ0v) is 16.5. The highest BCUT2D eigenvalue weighted by Crippen LogP contribution is 2.24. The highest BCUT2D eigenvalue weighted by molar-refractivity contribution is 7.92. The summed E-state index contributed by atoms with van der Waals surface area (Å²) in [6.45, 7) is 5.76. The molecule has 2 aromatic rings. The van der Waals surface area contributed by atoms with Crippen LogP contribution in [0.15, 0.2) is 48.5 Å². The van der Waals surface area contributed by atoms with Gasteiger partial charge in [0.1, 0.15) is 6.04 Å². The van der Waals surface area contributed by atoms with Crippen molar-refractivity contribution in [2.24, 2.45) is 0 Å². The van der Waals surface area contributed by atoms with E-state index in [4.69, 9.17) is 0 Å². The molecule has 26 heavy (non-hydrogen) atoms. The Balaban J connectivity index is 2.33. The number of amides is 1. The fourth-order valence-electron chi connectivity index (χ4n) is 2.87. The van der Waals surface area contributed by atoms with Gasteiger partial charge in [-0.3, -0.25) is 9.10 Å². The van der Waals surface area contributed by atoms with Gasteiger partial charge >= 0.3 is 0 Å². The van der Waals surface area contributed by atoms with E-state index in [-0.39, 0.29) is 5.91 Å². The molecule has 0 aliphatic rings. The van der Waals surface area contributed by atoms with E-state index in [1.165, 1.54) is 9.87 Å². The molecule has 1 unspecified atom stereocenters. The standard InChI is InChI=1S/C20H26N2O3S/c1-5-16-10-12-17(13-11-16)21-20(23)19(6-2)22(26(4,24)25)18-9-7-8-15(3)14-18/h7-14,19H,5-6H2,1-4H3,(H,21,23). The van der Waals surface area contributed by atoms with E-state index in [0.29, 0.717) is 17.8 Å². The summed E-state index contributed by atoms with van der Waals surface area (Å²) in [5.41, 5.74) is 3.26. The van der Waals surface area contributed by atoms with Crippen molar-refractivity contribution in [1.82, 2.24) is 0 Å². The number of nitrogens with one attached hydrogen (secondary N) is 1. The Morgan fingerprint density at radius 3 is 2.27 bits per heavy atom. The number of hydrogen-bond donors (Lipinski definition) is 1. The summed E-state index contributed by atoms with van der Waals surface area (Å²) in [5.74, 6) is -0.344. The summed E-state index contributed by atoms with van der Waals surface area (Å²) in [6.07, 6.45) is 2.40. The highest BCUT2D eigenvalue weighted by Gasteiger charge is 2.31. The van der Waals surface area contributed by atoms with Crippen molar-refractivity contribution in [2.75, 3.05) is 15.9 Å². The molecule has 1 atom stereocenters. The van der Waals surface area contributed by atoms with Gasteiger partial charge in [-0.15, -0.1) is 0 Å². The molecule has 140 valence electrons. The molecule has 2 aromatic carbocycles. The summed E-state index contributed by atoms with van der Waals surface area (Å²) in [5, 5.41) is 2.84. The normalized spacial score (nSPS) is 12.5. The van der Waals surface area contributed by atoms with Crippen LogP contribution in [0.3, 0.4) is 0 Å². The van der Waals surface area contributed by atoms with Crippen molar-refractivity contribution >= 4 is 27.3 Å². The first-order valence-corrected chi connectivity index (χ1v) is 10.6. The Hall–Kier alpha value is -2.34. The van der Waals surface area contributed by atoms with Gasteiger partial charge in [0, 0.05) is 5.69 Å². The first-order valence-electron chi connectivity index (χ1n) is 8.72. The third-order valence-corrected chi connectivity index (χ3v) is 5.40. The summed E-state index contributed by atoms with van der Waals surface area (Å²) >= 11 is 0. The third kappa shape index (κ3) is 4.85. The largest absolute Gasteiger partial charge is 0.324 e. The molecule has 0 aliphatic heterocycles. The molecule has 0 spiro atoms. The van der Waals surface area contributed by atoms with Crippen LogP contribution in [0.1, 0.15) is 31.4 Å². The van der Waals surface area contributed by atoms with Crippen molar-refractivity contribution in [1.29, 1.82) is 0 Å². The van der Waals surface area contributed by atoms with Gasteiger partial charge in [-0.1, -0.05) is 38.1 Å². The van der Waals surface area contributed by atoms with Crippen LogP contribution in [0.25, 0.3) is 0 Å². The number of rotatable bonds is 7. The first kappa shape index (κ1) is 20.0. The number of nitrogens with zero attached hydrogens (tertiary/aromatic N) is 1. The van der Waals surface area contributed by atoms with E-state index in [2.05, 4.69) is 12.2 Å². The lowest BCUT2D eigenvalue weighted by Crippen LogP contribution is -2.47. The van der Waals surface area contributed by atoms with Crippen LogP contribution in [0, 0.1) is 6.92 Å². The number of hydrogen-bond acceptors (Lipinski definition) is 3. The lowest BCUT2D eigenvalue weighted by Gasteiger charge is -2.30. The monoisotopic (exact) mass is 374 g/mol. The maximum absolute atomic E-state index is 12.8. The van der Waals surface area contributed by atoms with Gasteiger partial charge in [-0.25, -0.2) is 8.42 Å². The summed E-state index contributed by atoms with van der Waals surface area (Å²) in [7, 11) is -3.62. The van der Waals surface area contributed by atoms with Crippen molar-refractivity contribution in [2.45, 2.75) is 39.7 Å². The smallest absolute Gasteiger partial charge is 0.248 e. The second kappa shape index (κ2) is 8.36. The summed E-state index contributed by atoms with van der Waals surface area (Å²) < 4.78 is 26.1. The van der Waals surface area contributed by atoms with Crippen molar-refractivity contribution in [3.63, 3.8) is 0 Å². The van der Waals surface area contributed by atoms with Crippen LogP contribution >= 0.6 is 0 Å². The van der Waals surface area contributed by atoms with Gasteiger partial charge in [0.25, 0.3) is 0 Å². The highest BCUT2D eigenvalue weighted by atomic mass is 32.2. The minimum atomic E-state index is -3.62. The maximum Gasteiger partial charge on any atom is 0.248 e. The minimum absolute atomic E-state index is 0.344. The molecule has 0 saturated heterocycles. The number of benzene rings is 2. The van der Waals surface area contributed by atoms with E-state index in [0.717, 1.165) is 18.2 Å². The van der Waals surface area contributed by atoms with Crippen LogP contribution in [0.2, 0.25) is 0 Å². The number of carbonyl (C=O) groups is 1. The molecule has 5 nitrogen and oxygen atoms in total. The molecular formula is C20H26N2O3S. The molecule has 6 heteroatoms. The number of sulfonamides is 1. The fourth-order valence-corrected chi connectivity index (χ4v) is 4.08. The van der Waals surface area contributed by atoms with Crippen LogP contribution < -0.4 is 9.62 Å². The van der Waals surface area contributed by atoms with Gasteiger partial charge in [0.15, 0.2) is 0 Å². The van der Waals surface area contributed by atoms with Gasteiger partial charge in [-0.05, 0) is 55.2 Å². The number of aryl methyl sites for hydroxylation is 2. The molecule has 0 bridgehead atoms. The predicted octanol–water partition coefficient (Wildman–Crippen LogP) is 3.74. The summed E-state index contributed by atoms with van der Waals surface area (Å²) in [4.78, 5) is 12.8. The van der Waals surface area contributed by atoms with E-state index >= 15 is 0 Å². The molecule has 0 aromatic heterocycles. The molecule has 0 heterocycles. The zero-order valence-electron chi connectivity index (χ0n) is 15.7. The Kier molecular flexibility index (Phi) is 6.42. The van der Waals surface area contributed by atoms with E-state index in [1.54, 1.807) is 25.1 Å². The molecule has 1 amide bonds. The Morgan fingerprint density at radius 2 is 1.77 bits per heavy atom. The molecule has 1 N–H and O–H groups in total. The predicted molar refractivity (Wildman–Crippen MR) is 107 cm³/mol. The maximum atomic E-state index is 12.8. The Morgan fingerprint density at radius 1 is 1.12 bits per heavy atom. The van der Waals surface area contributed by atoms with Crippen LogP contribution in [-0.4, -0.2) is 26.6 Å². The molecule has 2 rings (SSSR count). The first-order chi connectivity index (χ1) is 12.3. The number of anilines is 2. The lowest BCUT2D eigenvalue weighted by atomic mass is 10.1. The fraction of sp³-hybridized carbons (Fsp3) is 0.350. The van der Waals surface area contributed by atoms with Crippen LogP contribution in [-0.2, 0) is 21.2 Å². The average molecular weight is 375 g/mol. The van der Waals surface area contributed by atoms with E-state index in [1.807, 2.05) is 37.3 Å². The van der Waals surface area contributed by atoms with E-state index in [9.17, 15) is 13.2 Å². The third-order valence-electron chi connectivity index (χ3n) is 4.22. The Labute approximate surface area is 156 Å². The second-order valence-corrected chi connectivity index (χ2v) is 8.22. The minimum Gasteiger partial charge on any atom is -0.324 e. The molecule has 0 aliphatic carbocycles. The number of carbonyl (C=O) groups excluding carboxylic acids is 1.